The third-order valence-corrected chi connectivity index (χ3v) is 12.0. The molecule has 0 amide bonds. The Kier molecular flexibility index (Phi) is 7.72. The van der Waals surface area contributed by atoms with Crippen molar-refractivity contribution in [1.29, 1.82) is 0 Å². The summed E-state index contributed by atoms with van der Waals surface area (Å²) >= 11 is 3.81. The average molecular weight is 589 g/mol. The van der Waals surface area contributed by atoms with Crippen molar-refractivity contribution in [3.63, 3.8) is 0 Å². The minimum Gasteiger partial charge on any atom is -0.370 e. The van der Waals surface area contributed by atoms with Gasteiger partial charge in [-0.05, 0) is 59.1 Å². The van der Waals surface area contributed by atoms with E-state index in [1.54, 1.807) is 0 Å². The lowest BCUT2D eigenvalue weighted by molar-refractivity contribution is 0.517. The number of benzene rings is 3. The molecular weight excluding hydrogens is 549 g/mol. The molecule has 0 radical (unpaired) electrons. The first-order valence-electron chi connectivity index (χ1n) is 15.1. The zero-order chi connectivity index (χ0) is 29.5. The fourth-order valence-electron chi connectivity index (χ4n) is 5.42. The summed E-state index contributed by atoms with van der Waals surface area (Å²) in [6.07, 6.45) is 2.22. The highest BCUT2D eigenvalue weighted by atomic mass is 32.1. The molecule has 1 atom stereocenters. The molecule has 0 saturated heterocycles. The lowest BCUT2D eigenvalue weighted by atomic mass is 9.88. The Labute approximate surface area is 259 Å². The second-order valence-electron chi connectivity index (χ2n) is 12.5. The van der Waals surface area contributed by atoms with E-state index in [4.69, 9.17) is 4.99 Å². The van der Waals surface area contributed by atoms with E-state index in [1.165, 1.54) is 36.2 Å². The number of aliphatic imine (C=N–C) groups is 1. The molecule has 214 valence electrons. The average Bonchev–Trinajstić information content (AvgIpc) is 3.73. The predicted octanol–water partition coefficient (Wildman–Crippen LogP) is 11.8. The Balaban J connectivity index is 1.58. The van der Waals surface area contributed by atoms with E-state index < -0.39 is 0 Å². The van der Waals surface area contributed by atoms with Gasteiger partial charge in [-0.2, -0.15) is 0 Å². The molecule has 3 heterocycles. The third-order valence-electron chi connectivity index (χ3n) is 9.02. The largest absolute Gasteiger partial charge is 0.370 e. The van der Waals surface area contributed by atoms with Crippen molar-refractivity contribution < 1.29 is 0 Å². The molecule has 42 heavy (non-hydrogen) atoms. The SMILES string of the molecule is CCC(C)(C)c1ccc(-c2ccc(-c3ccc(C(C)(C)CC)s3)c3c2N=C(c2ccccc2)C(c2ccccc2)N3)s1. The van der Waals surface area contributed by atoms with Crippen LogP contribution in [0.2, 0.25) is 0 Å². The summed E-state index contributed by atoms with van der Waals surface area (Å²) in [6.45, 7) is 13.9. The van der Waals surface area contributed by atoms with Gasteiger partial charge in [-0.15, -0.1) is 22.7 Å². The van der Waals surface area contributed by atoms with Crippen LogP contribution in [0.4, 0.5) is 11.4 Å². The molecule has 0 bridgehead atoms. The lowest BCUT2D eigenvalue weighted by Crippen LogP contribution is -2.25. The number of fused-ring (bicyclic) bond motifs is 1. The number of nitrogens with one attached hydrogen (secondary N) is 1. The van der Waals surface area contributed by atoms with Gasteiger partial charge in [0.2, 0.25) is 0 Å². The molecule has 3 aromatic carbocycles. The van der Waals surface area contributed by atoms with Crippen molar-refractivity contribution in [2.45, 2.75) is 71.3 Å². The molecule has 0 aliphatic carbocycles. The topological polar surface area (TPSA) is 24.4 Å². The Morgan fingerprint density at radius 1 is 0.643 bits per heavy atom. The summed E-state index contributed by atoms with van der Waals surface area (Å²) in [5.41, 5.74) is 8.27. The van der Waals surface area contributed by atoms with Crippen LogP contribution >= 0.6 is 22.7 Å². The molecule has 6 rings (SSSR count). The molecule has 0 saturated carbocycles. The van der Waals surface area contributed by atoms with Crippen LogP contribution in [0, 0.1) is 0 Å². The highest BCUT2D eigenvalue weighted by Gasteiger charge is 2.31. The van der Waals surface area contributed by atoms with Gasteiger partial charge in [-0.3, -0.25) is 0 Å². The van der Waals surface area contributed by atoms with Gasteiger partial charge in [-0.25, -0.2) is 4.99 Å². The summed E-state index contributed by atoms with van der Waals surface area (Å²) in [6, 6.07) is 35.1. The molecule has 2 aromatic heterocycles. The van der Waals surface area contributed by atoms with Crippen LogP contribution in [0.3, 0.4) is 0 Å². The van der Waals surface area contributed by atoms with Gasteiger partial charge in [0.25, 0.3) is 0 Å². The van der Waals surface area contributed by atoms with E-state index in [0.29, 0.717) is 0 Å². The summed E-state index contributed by atoms with van der Waals surface area (Å²) in [7, 11) is 0. The minimum absolute atomic E-state index is 0.0560. The molecule has 0 fully saturated rings. The molecule has 1 unspecified atom stereocenters. The lowest BCUT2D eigenvalue weighted by Gasteiger charge is -2.30. The van der Waals surface area contributed by atoms with Crippen molar-refractivity contribution in [2.24, 2.45) is 4.99 Å². The molecule has 0 spiro atoms. The summed E-state index contributed by atoms with van der Waals surface area (Å²) in [5, 5.41) is 4.03. The van der Waals surface area contributed by atoms with Gasteiger partial charge in [-0.1, -0.05) is 114 Å². The van der Waals surface area contributed by atoms with Crippen LogP contribution < -0.4 is 5.32 Å². The highest BCUT2D eigenvalue weighted by Crippen LogP contribution is 2.51. The molecule has 2 nitrogen and oxygen atoms in total. The van der Waals surface area contributed by atoms with E-state index in [-0.39, 0.29) is 16.9 Å². The minimum atomic E-state index is -0.0560. The van der Waals surface area contributed by atoms with E-state index in [9.17, 15) is 0 Å². The molecule has 4 heteroatoms. The smallest absolute Gasteiger partial charge is 0.0959 e. The highest BCUT2D eigenvalue weighted by molar-refractivity contribution is 7.16. The monoisotopic (exact) mass is 588 g/mol. The number of rotatable bonds is 8. The van der Waals surface area contributed by atoms with Crippen LogP contribution in [0.15, 0.2) is 102 Å². The van der Waals surface area contributed by atoms with Gasteiger partial charge in [0.15, 0.2) is 0 Å². The first kappa shape index (κ1) is 28.6. The fraction of sp³-hybridized carbons (Fsp3) is 0.289. The van der Waals surface area contributed by atoms with Crippen LogP contribution in [-0.4, -0.2) is 5.71 Å². The van der Waals surface area contributed by atoms with Crippen molar-refractivity contribution >= 4 is 39.8 Å². The molecule has 1 aliphatic heterocycles. The number of hydrogen-bond acceptors (Lipinski definition) is 4. The molecule has 1 aliphatic rings. The Hall–Kier alpha value is -3.47. The first-order chi connectivity index (χ1) is 20.2. The molecule has 5 aromatic rings. The van der Waals surface area contributed by atoms with Crippen molar-refractivity contribution in [1.82, 2.24) is 0 Å². The summed E-state index contributed by atoms with van der Waals surface area (Å²) in [5.74, 6) is 0. The van der Waals surface area contributed by atoms with Crippen molar-refractivity contribution in [3.8, 4) is 20.9 Å². The van der Waals surface area contributed by atoms with Gasteiger partial charge >= 0.3 is 0 Å². The second-order valence-corrected chi connectivity index (χ2v) is 14.7. The standard InChI is InChI=1S/C38H40N2S2/c1-7-37(3,4)31-23-21-29(41-31)27-19-20-28(30-22-24-32(42-30)38(5,6)8-2)36-35(27)39-33(25-15-11-9-12-16-25)34(40-36)26-17-13-10-14-18-26/h9-24,33,39H,7-8H2,1-6H3. The number of anilines is 1. The van der Waals surface area contributed by atoms with Crippen molar-refractivity contribution in [3.05, 3.63) is 118 Å². The maximum absolute atomic E-state index is 5.56. The number of thiophene rings is 2. The van der Waals surface area contributed by atoms with Crippen LogP contribution in [0.1, 0.15) is 81.3 Å². The predicted molar refractivity (Wildman–Crippen MR) is 185 cm³/mol. The first-order valence-corrected chi connectivity index (χ1v) is 16.7. The molecule has 1 N–H and O–H groups in total. The van der Waals surface area contributed by atoms with Gasteiger partial charge < -0.3 is 5.32 Å². The zero-order valence-electron chi connectivity index (χ0n) is 25.5. The van der Waals surface area contributed by atoms with Crippen LogP contribution in [0.25, 0.3) is 20.9 Å². The van der Waals surface area contributed by atoms with E-state index in [0.717, 1.165) is 35.5 Å². The van der Waals surface area contributed by atoms with Gasteiger partial charge in [0.1, 0.15) is 0 Å². The fourth-order valence-corrected chi connectivity index (χ4v) is 7.84. The van der Waals surface area contributed by atoms with E-state index in [2.05, 4.69) is 144 Å². The normalized spacial score (nSPS) is 15.2. The van der Waals surface area contributed by atoms with Crippen LogP contribution in [-0.2, 0) is 10.8 Å². The Bertz CT molecular complexity index is 1720. The number of hydrogen-bond donors (Lipinski definition) is 1. The zero-order valence-corrected chi connectivity index (χ0v) is 27.1. The second kappa shape index (κ2) is 11.3. The van der Waals surface area contributed by atoms with Gasteiger partial charge in [0.05, 0.1) is 23.1 Å². The molecular formula is C38H40N2S2. The Morgan fingerprint density at radius 2 is 1.17 bits per heavy atom. The van der Waals surface area contributed by atoms with E-state index in [1.807, 2.05) is 22.7 Å². The number of nitrogens with zero attached hydrogens (tertiary/aromatic N) is 1. The summed E-state index contributed by atoms with van der Waals surface area (Å²) in [4.78, 5) is 11.0. The summed E-state index contributed by atoms with van der Waals surface area (Å²) < 4.78 is 0. The Morgan fingerprint density at radius 3 is 1.74 bits per heavy atom. The quantitative estimate of drug-likeness (QED) is 0.192. The third kappa shape index (κ3) is 5.27. The van der Waals surface area contributed by atoms with Crippen molar-refractivity contribution in [2.75, 3.05) is 5.32 Å². The maximum atomic E-state index is 5.56. The maximum Gasteiger partial charge on any atom is 0.0959 e. The van der Waals surface area contributed by atoms with Gasteiger partial charge in [0, 0.05) is 30.6 Å². The van der Waals surface area contributed by atoms with E-state index >= 15 is 0 Å². The van der Waals surface area contributed by atoms with Crippen LogP contribution in [0.5, 0.6) is 0 Å².